The summed E-state index contributed by atoms with van der Waals surface area (Å²) in [6.07, 6.45) is 1.58. The Labute approximate surface area is 120 Å². The van der Waals surface area contributed by atoms with Crippen LogP contribution in [0.2, 0.25) is 0 Å². The molecule has 0 bridgehead atoms. The monoisotopic (exact) mass is 297 g/mol. The van der Waals surface area contributed by atoms with Crippen molar-refractivity contribution in [1.82, 2.24) is 14.8 Å². The molecule has 0 atom stereocenters. The summed E-state index contributed by atoms with van der Waals surface area (Å²) >= 11 is 1.27. The number of methoxy groups -OCH3 is 2. The second-order valence-corrected chi connectivity index (χ2v) is 4.74. The van der Waals surface area contributed by atoms with Gasteiger partial charge in [-0.05, 0) is 12.1 Å². The third kappa shape index (κ3) is 3.40. The van der Waals surface area contributed by atoms with Crippen LogP contribution in [-0.2, 0) is 20.8 Å². The first-order chi connectivity index (χ1) is 9.76. The lowest BCUT2D eigenvalue weighted by Crippen LogP contribution is -2.09. The van der Waals surface area contributed by atoms with Crippen molar-refractivity contribution in [2.24, 2.45) is 0 Å². The number of hydrogen-bond acceptors (Lipinski definition) is 7. The number of rotatable bonds is 7. The van der Waals surface area contributed by atoms with Gasteiger partial charge in [0.25, 0.3) is 0 Å². The van der Waals surface area contributed by atoms with Crippen molar-refractivity contribution in [3.8, 4) is 11.6 Å². The lowest BCUT2D eigenvalue weighted by Gasteiger charge is -2.07. The van der Waals surface area contributed by atoms with Gasteiger partial charge in [0.15, 0.2) is 10.9 Å². The van der Waals surface area contributed by atoms with E-state index in [-0.39, 0.29) is 11.7 Å². The number of nitrogens with zero attached hydrogens (tertiary/aromatic N) is 3. The van der Waals surface area contributed by atoms with Gasteiger partial charge in [-0.15, -0.1) is 10.2 Å². The molecule has 2 aromatic heterocycles. The van der Waals surface area contributed by atoms with Crippen LogP contribution in [0.25, 0.3) is 11.6 Å². The van der Waals surface area contributed by atoms with Crippen LogP contribution in [0.3, 0.4) is 0 Å². The molecule has 20 heavy (non-hydrogen) atoms. The van der Waals surface area contributed by atoms with Gasteiger partial charge < -0.3 is 13.9 Å². The molecule has 0 N–H and O–H groups in total. The molecule has 0 aliphatic rings. The first kappa shape index (κ1) is 14.6. The predicted molar refractivity (Wildman–Crippen MR) is 72.3 cm³/mol. The second kappa shape index (κ2) is 7.11. The molecule has 0 fully saturated rings. The molecule has 0 unspecified atom stereocenters. The summed E-state index contributed by atoms with van der Waals surface area (Å²) in [4.78, 5) is 11.2. The van der Waals surface area contributed by atoms with Crippen molar-refractivity contribution in [2.45, 2.75) is 11.7 Å². The van der Waals surface area contributed by atoms with Gasteiger partial charge in [0.05, 0.1) is 32.3 Å². The Bertz CT molecular complexity index is 553. The van der Waals surface area contributed by atoms with Crippen LogP contribution in [-0.4, -0.2) is 47.3 Å². The molecule has 0 aliphatic heterocycles. The van der Waals surface area contributed by atoms with E-state index in [0.717, 1.165) is 0 Å². The van der Waals surface area contributed by atoms with E-state index >= 15 is 0 Å². The summed E-state index contributed by atoms with van der Waals surface area (Å²) < 4.78 is 16.9. The Morgan fingerprint density at radius 2 is 2.30 bits per heavy atom. The highest BCUT2D eigenvalue weighted by Crippen LogP contribution is 2.24. The maximum Gasteiger partial charge on any atom is 0.316 e. The summed E-state index contributed by atoms with van der Waals surface area (Å²) in [7, 11) is 2.98. The highest BCUT2D eigenvalue weighted by atomic mass is 32.2. The molecule has 2 heterocycles. The third-order valence-electron chi connectivity index (χ3n) is 2.52. The number of aromatic nitrogens is 3. The van der Waals surface area contributed by atoms with Crippen molar-refractivity contribution in [3.63, 3.8) is 0 Å². The Morgan fingerprint density at radius 3 is 2.95 bits per heavy atom. The third-order valence-corrected chi connectivity index (χ3v) is 3.46. The molecule has 8 heteroatoms. The van der Waals surface area contributed by atoms with E-state index in [1.54, 1.807) is 19.4 Å². The maximum absolute atomic E-state index is 11.2. The average Bonchev–Trinajstić information content (AvgIpc) is 3.11. The van der Waals surface area contributed by atoms with Crippen LogP contribution in [0, 0.1) is 0 Å². The molecule has 0 amide bonds. The van der Waals surface area contributed by atoms with Crippen LogP contribution in [0.5, 0.6) is 0 Å². The van der Waals surface area contributed by atoms with Crippen molar-refractivity contribution in [1.29, 1.82) is 0 Å². The average molecular weight is 297 g/mol. The van der Waals surface area contributed by atoms with Crippen molar-refractivity contribution in [3.05, 3.63) is 18.4 Å². The molecule has 0 aliphatic carbocycles. The molecule has 7 nitrogen and oxygen atoms in total. The summed E-state index contributed by atoms with van der Waals surface area (Å²) in [6.45, 7) is 1.08. The summed E-state index contributed by atoms with van der Waals surface area (Å²) in [5.74, 6) is 1.11. The first-order valence-corrected chi connectivity index (χ1v) is 6.90. The van der Waals surface area contributed by atoms with Crippen LogP contribution in [0.1, 0.15) is 0 Å². The van der Waals surface area contributed by atoms with Gasteiger partial charge in [-0.3, -0.25) is 9.36 Å². The molecule has 0 radical (unpaired) electrons. The molecule has 2 aromatic rings. The second-order valence-electron chi connectivity index (χ2n) is 3.79. The lowest BCUT2D eigenvalue weighted by molar-refractivity contribution is -0.137. The van der Waals surface area contributed by atoms with E-state index in [0.29, 0.717) is 29.9 Å². The Balaban J connectivity index is 2.20. The number of carbonyl (C=O) groups is 1. The highest BCUT2D eigenvalue weighted by Gasteiger charge is 2.17. The Morgan fingerprint density at radius 1 is 1.45 bits per heavy atom. The zero-order chi connectivity index (χ0) is 14.4. The quantitative estimate of drug-likeness (QED) is 0.565. The standard InChI is InChI=1S/C12H15N3O4S/c1-17-7-5-15-11(9-4-3-6-19-9)13-14-12(15)20-8-10(16)18-2/h3-4,6H,5,7-8H2,1-2H3. The van der Waals surface area contributed by atoms with E-state index in [1.807, 2.05) is 10.6 Å². The summed E-state index contributed by atoms with van der Waals surface area (Å²) in [5.41, 5.74) is 0. The molecular formula is C12H15N3O4S. The highest BCUT2D eigenvalue weighted by molar-refractivity contribution is 7.99. The van der Waals surface area contributed by atoms with Crippen molar-refractivity contribution >= 4 is 17.7 Å². The number of hydrogen-bond donors (Lipinski definition) is 0. The van der Waals surface area contributed by atoms with Gasteiger partial charge in [0.2, 0.25) is 5.82 Å². The number of furan rings is 1. The van der Waals surface area contributed by atoms with Gasteiger partial charge in [-0.25, -0.2) is 0 Å². The zero-order valence-electron chi connectivity index (χ0n) is 11.2. The largest absolute Gasteiger partial charge is 0.468 e. The molecule has 2 rings (SSSR count). The van der Waals surface area contributed by atoms with Gasteiger partial charge in [-0.2, -0.15) is 0 Å². The minimum atomic E-state index is -0.309. The fraction of sp³-hybridized carbons (Fsp3) is 0.417. The van der Waals surface area contributed by atoms with E-state index in [1.165, 1.54) is 18.9 Å². The zero-order valence-corrected chi connectivity index (χ0v) is 12.1. The van der Waals surface area contributed by atoms with E-state index in [4.69, 9.17) is 9.15 Å². The Kier molecular flexibility index (Phi) is 5.19. The minimum Gasteiger partial charge on any atom is -0.468 e. The van der Waals surface area contributed by atoms with Crippen molar-refractivity contribution in [2.75, 3.05) is 26.6 Å². The Hall–Kier alpha value is -1.80. The van der Waals surface area contributed by atoms with Crippen molar-refractivity contribution < 1.29 is 18.7 Å². The number of esters is 1. The topological polar surface area (TPSA) is 79.4 Å². The maximum atomic E-state index is 11.2. The van der Waals surface area contributed by atoms with Gasteiger partial charge >= 0.3 is 5.97 Å². The van der Waals surface area contributed by atoms with Crippen LogP contribution in [0.15, 0.2) is 28.0 Å². The molecular weight excluding hydrogens is 282 g/mol. The normalized spacial score (nSPS) is 10.7. The van der Waals surface area contributed by atoms with Gasteiger partial charge in [-0.1, -0.05) is 11.8 Å². The van der Waals surface area contributed by atoms with Gasteiger partial charge in [0.1, 0.15) is 0 Å². The predicted octanol–water partition coefficient (Wildman–Crippen LogP) is 1.45. The van der Waals surface area contributed by atoms with E-state index in [9.17, 15) is 4.79 Å². The van der Waals surface area contributed by atoms with Crippen LogP contribution in [0.4, 0.5) is 0 Å². The van der Waals surface area contributed by atoms with E-state index in [2.05, 4.69) is 14.9 Å². The smallest absolute Gasteiger partial charge is 0.316 e. The SMILES string of the molecule is COCCn1c(SCC(=O)OC)nnc1-c1ccco1. The van der Waals surface area contributed by atoms with E-state index < -0.39 is 0 Å². The number of ether oxygens (including phenoxy) is 2. The fourth-order valence-corrected chi connectivity index (χ4v) is 2.35. The molecule has 0 saturated carbocycles. The first-order valence-electron chi connectivity index (χ1n) is 5.92. The van der Waals surface area contributed by atoms with Gasteiger partial charge in [0, 0.05) is 7.11 Å². The lowest BCUT2D eigenvalue weighted by atomic mass is 10.4. The number of thioether (sulfide) groups is 1. The minimum absolute atomic E-state index is 0.180. The van der Waals surface area contributed by atoms with Crippen LogP contribution >= 0.6 is 11.8 Å². The summed E-state index contributed by atoms with van der Waals surface area (Å²) in [5, 5.41) is 8.81. The molecule has 0 saturated heterocycles. The molecule has 0 spiro atoms. The number of carbonyl (C=O) groups excluding carboxylic acids is 1. The molecule has 108 valence electrons. The summed E-state index contributed by atoms with van der Waals surface area (Å²) in [6, 6.07) is 3.59. The molecule has 0 aromatic carbocycles. The van der Waals surface area contributed by atoms with Crippen LogP contribution < -0.4 is 0 Å². The fourth-order valence-electron chi connectivity index (χ4n) is 1.55.